The van der Waals surface area contributed by atoms with Crippen LogP contribution in [-0.2, 0) is 4.79 Å². The first kappa shape index (κ1) is 11.4. The molecule has 0 saturated heterocycles. The van der Waals surface area contributed by atoms with Gasteiger partial charge in [-0.3, -0.25) is 4.79 Å². The summed E-state index contributed by atoms with van der Waals surface area (Å²) in [5.41, 5.74) is 0. The lowest BCUT2D eigenvalue weighted by Crippen LogP contribution is -2.31. The lowest BCUT2D eigenvalue weighted by Gasteiger charge is -2.18. The molecule has 2 N–H and O–H groups in total. The molecule has 0 aromatic rings. The molecule has 0 spiro atoms. The summed E-state index contributed by atoms with van der Waals surface area (Å²) >= 11 is 0. The molecule has 0 fully saturated rings. The number of carbonyl (C=O) groups is 1. The van der Waals surface area contributed by atoms with Crippen LogP contribution in [0.5, 0.6) is 0 Å². The molecule has 1 atom stereocenters. The van der Waals surface area contributed by atoms with Crippen LogP contribution in [-0.4, -0.2) is 47.3 Å². The molecule has 12 heavy (non-hydrogen) atoms. The summed E-state index contributed by atoms with van der Waals surface area (Å²) in [7, 11) is 1.87. The number of nitrogens with zero attached hydrogens (tertiary/aromatic N) is 1. The number of aliphatic hydroxyl groups is 1. The maximum absolute atomic E-state index is 10.2. The van der Waals surface area contributed by atoms with Crippen molar-refractivity contribution in [3.05, 3.63) is 0 Å². The maximum Gasteiger partial charge on any atom is 0.306 e. The average Bonchev–Trinajstić information content (AvgIpc) is 1.84. The molecule has 4 heteroatoms. The van der Waals surface area contributed by atoms with Gasteiger partial charge in [-0.25, -0.2) is 0 Å². The van der Waals surface area contributed by atoms with E-state index in [1.165, 1.54) is 0 Å². The molecule has 0 aromatic heterocycles. The van der Waals surface area contributed by atoms with Crippen molar-refractivity contribution in [3.63, 3.8) is 0 Å². The number of hydrogen-bond acceptors (Lipinski definition) is 3. The van der Waals surface area contributed by atoms with E-state index in [-0.39, 0.29) is 6.42 Å². The molecule has 0 amide bonds. The van der Waals surface area contributed by atoms with Gasteiger partial charge in [-0.05, 0) is 20.0 Å². The number of carboxylic acid groups (broad SMARTS) is 1. The SMILES string of the molecule is CCCN(C)CC(O)CC(=O)O. The fraction of sp³-hybridized carbons (Fsp3) is 0.875. The van der Waals surface area contributed by atoms with E-state index in [1.807, 2.05) is 18.9 Å². The van der Waals surface area contributed by atoms with Gasteiger partial charge in [0.2, 0.25) is 0 Å². The maximum atomic E-state index is 10.2. The van der Waals surface area contributed by atoms with Crippen LogP contribution < -0.4 is 0 Å². The Hall–Kier alpha value is -0.610. The van der Waals surface area contributed by atoms with Gasteiger partial charge < -0.3 is 15.1 Å². The fourth-order valence-electron chi connectivity index (χ4n) is 1.10. The number of carboxylic acids is 1. The highest BCUT2D eigenvalue weighted by molar-refractivity contribution is 5.67. The molecular formula is C8H17NO3. The van der Waals surface area contributed by atoms with Gasteiger partial charge in [0.15, 0.2) is 0 Å². The minimum Gasteiger partial charge on any atom is -0.481 e. The molecular weight excluding hydrogens is 158 g/mol. The third-order valence-corrected chi connectivity index (χ3v) is 1.54. The molecule has 0 aromatic carbocycles. The predicted octanol–water partition coefficient (Wildman–Crippen LogP) is 0.164. The summed E-state index contributed by atoms with van der Waals surface area (Å²) in [4.78, 5) is 12.1. The van der Waals surface area contributed by atoms with Crippen molar-refractivity contribution in [2.24, 2.45) is 0 Å². The van der Waals surface area contributed by atoms with Gasteiger partial charge in [0, 0.05) is 6.54 Å². The van der Waals surface area contributed by atoms with Gasteiger partial charge >= 0.3 is 5.97 Å². The molecule has 0 aliphatic carbocycles. The van der Waals surface area contributed by atoms with Crippen LogP contribution in [0.25, 0.3) is 0 Å². The Morgan fingerprint density at radius 3 is 2.58 bits per heavy atom. The standard InChI is InChI=1S/C8H17NO3/c1-3-4-9(2)6-7(10)5-8(11)12/h7,10H,3-6H2,1-2H3,(H,11,12). The molecule has 4 nitrogen and oxygen atoms in total. The largest absolute Gasteiger partial charge is 0.481 e. The van der Waals surface area contributed by atoms with Crippen molar-refractivity contribution < 1.29 is 15.0 Å². The van der Waals surface area contributed by atoms with E-state index in [0.29, 0.717) is 6.54 Å². The molecule has 0 saturated carbocycles. The van der Waals surface area contributed by atoms with Crippen LogP contribution in [0.15, 0.2) is 0 Å². The van der Waals surface area contributed by atoms with Gasteiger partial charge in [-0.15, -0.1) is 0 Å². The summed E-state index contributed by atoms with van der Waals surface area (Å²) in [5, 5.41) is 17.5. The first-order chi connectivity index (χ1) is 5.56. The number of aliphatic carboxylic acids is 1. The van der Waals surface area contributed by atoms with E-state index in [1.54, 1.807) is 0 Å². The van der Waals surface area contributed by atoms with Crippen LogP contribution >= 0.6 is 0 Å². The van der Waals surface area contributed by atoms with Crippen LogP contribution in [0, 0.1) is 0 Å². The van der Waals surface area contributed by atoms with E-state index >= 15 is 0 Å². The smallest absolute Gasteiger partial charge is 0.306 e. The van der Waals surface area contributed by atoms with E-state index < -0.39 is 12.1 Å². The van der Waals surface area contributed by atoms with Crippen molar-refractivity contribution >= 4 is 5.97 Å². The van der Waals surface area contributed by atoms with Gasteiger partial charge in [-0.2, -0.15) is 0 Å². The molecule has 0 radical (unpaired) electrons. The summed E-state index contributed by atoms with van der Waals surface area (Å²) in [5.74, 6) is -0.951. The van der Waals surface area contributed by atoms with Crippen molar-refractivity contribution in [2.75, 3.05) is 20.1 Å². The summed E-state index contributed by atoms with van der Waals surface area (Å²) in [6.45, 7) is 3.36. The zero-order chi connectivity index (χ0) is 9.56. The highest BCUT2D eigenvalue weighted by Crippen LogP contribution is 1.95. The van der Waals surface area contributed by atoms with Gasteiger partial charge in [0.05, 0.1) is 12.5 Å². The molecule has 0 heterocycles. The Labute approximate surface area is 72.8 Å². The molecule has 0 aliphatic heterocycles. The van der Waals surface area contributed by atoms with Crippen molar-refractivity contribution in [3.8, 4) is 0 Å². The Bertz CT molecular complexity index is 138. The van der Waals surface area contributed by atoms with Crippen LogP contribution in [0.3, 0.4) is 0 Å². The number of aliphatic hydroxyl groups excluding tert-OH is 1. The van der Waals surface area contributed by atoms with Gasteiger partial charge in [0.25, 0.3) is 0 Å². The van der Waals surface area contributed by atoms with E-state index in [0.717, 1.165) is 13.0 Å². The molecule has 0 rings (SSSR count). The second-order valence-corrected chi connectivity index (χ2v) is 3.01. The lowest BCUT2D eigenvalue weighted by atomic mass is 10.2. The summed E-state index contributed by atoms with van der Waals surface area (Å²) in [6, 6.07) is 0. The Balaban J connectivity index is 3.53. The Morgan fingerprint density at radius 1 is 1.58 bits per heavy atom. The summed E-state index contributed by atoms with van der Waals surface area (Å²) < 4.78 is 0. The Kier molecular flexibility index (Phi) is 5.66. The molecule has 0 bridgehead atoms. The van der Waals surface area contributed by atoms with Crippen molar-refractivity contribution in [1.29, 1.82) is 0 Å². The third kappa shape index (κ3) is 6.12. The van der Waals surface area contributed by atoms with Crippen LogP contribution in [0.2, 0.25) is 0 Å². The Morgan fingerprint density at radius 2 is 2.17 bits per heavy atom. The minimum atomic E-state index is -0.951. The second kappa shape index (κ2) is 5.97. The van der Waals surface area contributed by atoms with Crippen LogP contribution in [0.4, 0.5) is 0 Å². The molecule has 0 aliphatic rings. The van der Waals surface area contributed by atoms with E-state index in [9.17, 15) is 9.90 Å². The topological polar surface area (TPSA) is 60.8 Å². The van der Waals surface area contributed by atoms with E-state index in [4.69, 9.17) is 5.11 Å². The molecule has 72 valence electrons. The first-order valence-corrected chi connectivity index (χ1v) is 4.14. The van der Waals surface area contributed by atoms with Gasteiger partial charge in [-0.1, -0.05) is 6.92 Å². The van der Waals surface area contributed by atoms with E-state index in [2.05, 4.69) is 0 Å². The van der Waals surface area contributed by atoms with Crippen molar-refractivity contribution in [1.82, 2.24) is 4.90 Å². The third-order valence-electron chi connectivity index (χ3n) is 1.54. The molecule has 1 unspecified atom stereocenters. The monoisotopic (exact) mass is 175 g/mol. The van der Waals surface area contributed by atoms with Crippen molar-refractivity contribution in [2.45, 2.75) is 25.9 Å². The number of rotatable bonds is 6. The first-order valence-electron chi connectivity index (χ1n) is 4.14. The lowest BCUT2D eigenvalue weighted by molar-refractivity contribution is -0.139. The normalized spacial score (nSPS) is 13.3. The number of hydrogen-bond donors (Lipinski definition) is 2. The highest BCUT2D eigenvalue weighted by atomic mass is 16.4. The zero-order valence-electron chi connectivity index (χ0n) is 7.66. The second-order valence-electron chi connectivity index (χ2n) is 3.01. The van der Waals surface area contributed by atoms with Gasteiger partial charge in [0.1, 0.15) is 0 Å². The minimum absolute atomic E-state index is 0.173. The summed E-state index contributed by atoms with van der Waals surface area (Å²) in [6.07, 6.45) is 0.0868. The fourth-order valence-corrected chi connectivity index (χ4v) is 1.10. The highest BCUT2D eigenvalue weighted by Gasteiger charge is 2.11. The average molecular weight is 175 g/mol. The predicted molar refractivity (Wildman–Crippen MR) is 46.0 cm³/mol. The quantitative estimate of drug-likeness (QED) is 0.604. The zero-order valence-corrected chi connectivity index (χ0v) is 7.66. The number of likely N-dealkylation sites (N-methyl/N-ethyl adjacent to an activating group) is 1. The van der Waals surface area contributed by atoms with Crippen LogP contribution in [0.1, 0.15) is 19.8 Å².